The number of hydrogen-bond acceptors (Lipinski definition) is 3. The first-order valence-corrected chi connectivity index (χ1v) is 10.5. The van der Waals surface area contributed by atoms with Crippen LogP contribution >= 0.6 is 12.4 Å². The largest absolute Gasteiger partial charge is 0.355 e. The molecule has 5 heteroatoms. The van der Waals surface area contributed by atoms with Crippen LogP contribution in [0, 0.1) is 0 Å². The molecule has 2 N–H and O–H groups in total. The van der Waals surface area contributed by atoms with E-state index < -0.39 is 0 Å². The summed E-state index contributed by atoms with van der Waals surface area (Å²) in [5, 5.41) is 4.69. The first-order valence-electron chi connectivity index (χ1n) is 10.5. The number of pyridine rings is 1. The second kappa shape index (κ2) is 9.19. The number of nitrogens with zero attached hydrogens (tertiary/aromatic N) is 2. The van der Waals surface area contributed by atoms with Crippen molar-refractivity contribution < 1.29 is 0 Å². The molecule has 0 aliphatic heterocycles. The van der Waals surface area contributed by atoms with Gasteiger partial charge in [0.25, 0.3) is 0 Å². The molecule has 2 heterocycles. The monoisotopic (exact) mass is 428 g/mol. The number of hydrogen-bond donors (Lipinski definition) is 2. The summed E-state index contributed by atoms with van der Waals surface area (Å²) in [6.07, 6.45) is 5.30. The number of imidazole rings is 1. The van der Waals surface area contributed by atoms with Crippen molar-refractivity contribution in [1.82, 2.24) is 15.0 Å². The highest BCUT2D eigenvalue weighted by molar-refractivity contribution is 6.10. The van der Waals surface area contributed by atoms with Crippen molar-refractivity contribution >= 4 is 45.7 Å². The Kier molecular flexibility index (Phi) is 6.19. The average molecular weight is 429 g/mol. The maximum absolute atomic E-state index is 4.94. The third kappa shape index (κ3) is 4.25. The van der Waals surface area contributed by atoms with Gasteiger partial charge in [-0.1, -0.05) is 55.8 Å². The van der Waals surface area contributed by atoms with E-state index in [4.69, 9.17) is 4.98 Å². The third-order valence-corrected chi connectivity index (χ3v) is 5.49. The molecule has 0 bridgehead atoms. The fourth-order valence-corrected chi connectivity index (χ4v) is 3.88. The molecule has 0 aliphatic rings. The Hall–Kier alpha value is -3.37. The second-order valence-electron chi connectivity index (χ2n) is 7.60. The molecular weight excluding hydrogens is 404 g/mol. The number of H-pyrrole nitrogens is 1. The molecule has 2 aromatic heterocycles. The lowest BCUT2D eigenvalue weighted by Crippen LogP contribution is -1.96. The van der Waals surface area contributed by atoms with Gasteiger partial charge in [0.15, 0.2) is 0 Å². The standard InChI is InChI=1S/C26H24N4.ClH/c1-2-3-7-18-10-12-20(13-11-18)29-24-16-23(19-8-5-4-6-9-19)30-21-14-15-22-26(25(21)24)28-17-27-22;/h4-6,8-17H,2-3,7H2,1H3,(H,27,28)(H,29,30);1H. The molecule has 0 saturated heterocycles. The number of nitrogens with one attached hydrogen (secondary N) is 2. The normalized spacial score (nSPS) is 10.9. The zero-order valence-corrected chi connectivity index (χ0v) is 18.2. The number of aryl methyl sites for hydroxylation is 1. The first kappa shape index (κ1) is 20.9. The Morgan fingerprint density at radius 3 is 2.45 bits per heavy atom. The van der Waals surface area contributed by atoms with E-state index in [1.165, 1.54) is 18.4 Å². The highest BCUT2D eigenvalue weighted by atomic mass is 35.5. The molecular formula is C26H25ClN4. The van der Waals surface area contributed by atoms with E-state index in [2.05, 4.69) is 64.7 Å². The Bertz CT molecular complexity index is 1290. The zero-order chi connectivity index (χ0) is 20.3. The Morgan fingerprint density at radius 2 is 1.68 bits per heavy atom. The lowest BCUT2D eigenvalue weighted by molar-refractivity contribution is 0.795. The van der Waals surface area contributed by atoms with Crippen LogP contribution in [0.2, 0.25) is 0 Å². The fraction of sp³-hybridized carbons (Fsp3) is 0.154. The summed E-state index contributed by atoms with van der Waals surface area (Å²) in [5.41, 5.74) is 8.40. The predicted molar refractivity (Wildman–Crippen MR) is 132 cm³/mol. The fourth-order valence-electron chi connectivity index (χ4n) is 3.88. The molecule has 156 valence electrons. The number of anilines is 2. The number of rotatable bonds is 6. The number of unbranched alkanes of at least 4 members (excludes halogenated alkanes) is 1. The van der Waals surface area contributed by atoms with Gasteiger partial charge in [-0.15, -0.1) is 12.4 Å². The van der Waals surface area contributed by atoms with E-state index in [9.17, 15) is 0 Å². The van der Waals surface area contributed by atoms with Gasteiger partial charge in [-0.05, 0) is 48.7 Å². The average Bonchev–Trinajstić information content (AvgIpc) is 3.28. The van der Waals surface area contributed by atoms with Crippen molar-refractivity contribution in [3.05, 3.63) is 84.7 Å². The third-order valence-electron chi connectivity index (χ3n) is 5.49. The highest BCUT2D eigenvalue weighted by Crippen LogP contribution is 2.34. The Labute approximate surface area is 188 Å². The molecule has 4 nitrogen and oxygen atoms in total. The summed E-state index contributed by atoms with van der Waals surface area (Å²) < 4.78 is 0. The van der Waals surface area contributed by atoms with Gasteiger partial charge in [0, 0.05) is 16.6 Å². The lowest BCUT2D eigenvalue weighted by Gasteiger charge is -2.13. The van der Waals surface area contributed by atoms with Gasteiger partial charge in [-0.3, -0.25) is 0 Å². The van der Waals surface area contributed by atoms with Crippen LogP contribution in [0.15, 0.2) is 79.1 Å². The molecule has 0 atom stereocenters. The van der Waals surface area contributed by atoms with Crippen LogP contribution in [0.4, 0.5) is 11.4 Å². The summed E-state index contributed by atoms with van der Waals surface area (Å²) >= 11 is 0. The summed E-state index contributed by atoms with van der Waals surface area (Å²) in [6, 6.07) is 25.2. The number of fused-ring (bicyclic) bond motifs is 3. The van der Waals surface area contributed by atoms with E-state index >= 15 is 0 Å². The van der Waals surface area contributed by atoms with Crippen LogP contribution in [-0.2, 0) is 6.42 Å². The minimum Gasteiger partial charge on any atom is -0.355 e. The molecule has 0 saturated carbocycles. The molecule has 0 radical (unpaired) electrons. The van der Waals surface area contributed by atoms with Crippen molar-refractivity contribution in [3.63, 3.8) is 0 Å². The molecule has 0 aliphatic carbocycles. The SMILES string of the molecule is CCCCc1ccc(Nc2cc(-c3ccccc3)nc3ccc4nc[nH]c4c23)cc1.Cl. The van der Waals surface area contributed by atoms with E-state index in [1.807, 2.05) is 30.3 Å². The number of aromatic nitrogens is 3. The topological polar surface area (TPSA) is 53.6 Å². The minimum atomic E-state index is 0. The van der Waals surface area contributed by atoms with E-state index in [0.717, 1.165) is 51.0 Å². The molecule has 0 spiro atoms. The van der Waals surface area contributed by atoms with Crippen LogP contribution in [0.25, 0.3) is 33.2 Å². The van der Waals surface area contributed by atoms with Crippen molar-refractivity contribution in [3.8, 4) is 11.3 Å². The summed E-state index contributed by atoms with van der Waals surface area (Å²) in [7, 11) is 0. The second-order valence-corrected chi connectivity index (χ2v) is 7.60. The van der Waals surface area contributed by atoms with Crippen LogP contribution in [0.3, 0.4) is 0 Å². The van der Waals surface area contributed by atoms with Crippen molar-refractivity contribution in [2.24, 2.45) is 0 Å². The van der Waals surface area contributed by atoms with Crippen LogP contribution in [0.5, 0.6) is 0 Å². The van der Waals surface area contributed by atoms with Gasteiger partial charge in [0.2, 0.25) is 0 Å². The van der Waals surface area contributed by atoms with Crippen LogP contribution in [-0.4, -0.2) is 15.0 Å². The van der Waals surface area contributed by atoms with Gasteiger partial charge >= 0.3 is 0 Å². The first-order chi connectivity index (χ1) is 14.8. The van der Waals surface area contributed by atoms with E-state index in [1.54, 1.807) is 6.33 Å². The maximum Gasteiger partial charge on any atom is 0.0932 e. The van der Waals surface area contributed by atoms with Crippen LogP contribution in [0.1, 0.15) is 25.3 Å². The molecule has 5 rings (SSSR count). The van der Waals surface area contributed by atoms with E-state index in [-0.39, 0.29) is 12.4 Å². The molecule has 0 amide bonds. The van der Waals surface area contributed by atoms with Gasteiger partial charge in [-0.2, -0.15) is 0 Å². The van der Waals surface area contributed by atoms with E-state index in [0.29, 0.717) is 0 Å². The lowest BCUT2D eigenvalue weighted by atomic mass is 10.1. The van der Waals surface area contributed by atoms with Gasteiger partial charge in [0.1, 0.15) is 0 Å². The van der Waals surface area contributed by atoms with Gasteiger partial charge in [-0.25, -0.2) is 9.97 Å². The molecule has 0 unspecified atom stereocenters. The number of benzene rings is 3. The van der Waals surface area contributed by atoms with Crippen molar-refractivity contribution in [2.45, 2.75) is 26.2 Å². The van der Waals surface area contributed by atoms with Crippen LogP contribution < -0.4 is 5.32 Å². The molecule has 3 aromatic carbocycles. The smallest absolute Gasteiger partial charge is 0.0932 e. The van der Waals surface area contributed by atoms with Gasteiger partial charge < -0.3 is 10.3 Å². The summed E-state index contributed by atoms with van der Waals surface area (Å²) in [5.74, 6) is 0. The van der Waals surface area contributed by atoms with Crippen molar-refractivity contribution in [2.75, 3.05) is 5.32 Å². The van der Waals surface area contributed by atoms with Crippen molar-refractivity contribution in [1.29, 1.82) is 0 Å². The predicted octanol–water partition coefficient (Wildman–Crippen LogP) is 7.29. The molecule has 0 fully saturated rings. The maximum atomic E-state index is 4.94. The quantitative estimate of drug-likeness (QED) is 0.298. The minimum absolute atomic E-state index is 0. The highest BCUT2D eigenvalue weighted by Gasteiger charge is 2.12. The van der Waals surface area contributed by atoms with Gasteiger partial charge in [0.05, 0.1) is 34.3 Å². The number of halogens is 1. The zero-order valence-electron chi connectivity index (χ0n) is 17.4. The summed E-state index contributed by atoms with van der Waals surface area (Å²) in [4.78, 5) is 12.7. The Morgan fingerprint density at radius 1 is 0.903 bits per heavy atom. The molecule has 5 aromatic rings. The summed E-state index contributed by atoms with van der Waals surface area (Å²) in [6.45, 7) is 2.23. The Balaban J connectivity index is 0.00000231. The number of aromatic amines is 1. The molecule has 31 heavy (non-hydrogen) atoms.